The van der Waals surface area contributed by atoms with Gasteiger partial charge in [-0.1, -0.05) is 23.9 Å². The van der Waals surface area contributed by atoms with E-state index in [1.54, 1.807) is 45.2 Å². The topological polar surface area (TPSA) is 77.5 Å². The number of aryl methyl sites for hydroxylation is 1. The first kappa shape index (κ1) is 21.6. The Balaban J connectivity index is 1.63. The lowest BCUT2D eigenvalue weighted by Gasteiger charge is -2.10. The molecule has 3 aromatic rings. The molecule has 0 saturated carbocycles. The maximum absolute atomic E-state index is 12.3. The maximum Gasteiger partial charge on any atom is 0.338 e. The average molecular weight is 425 g/mol. The number of hydrogen-bond donors (Lipinski definition) is 1. The van der Waals surface area contributed by atoms with E-state index in [0.29, 0.717) is 17.0 Å². The number of aromatic nitrogens is 1. The summed E-state index contributed by atoms with van der Waals surface area (Å²) in [6, 6.07) is 14.4. The van der Waals surface area contributed by atoms with Crippen LogP contribution in [-0.2, 0) is 9.53 Å². The van der Waals surface area contributed by atoms with E-state index in [2.05, 4.69) is 10.3 Å². The monoisotopic (exact) mass is 424 g/mol. The van der Waals surface area contributed by atoms with Crippen molar-refractivity contribution in [2.75, 3.05) is 18.2 Å². The van der Waals surface area contributed by atoms with E-state index in [0.717, 1.165) is 21.5 Å². The van der Waals surface area contributed by atoms with Gasteiger partial charge in [-0.3, -0.25) is 4.79 Å². The molecule has 0 radical (unpaired) electrons. The van der Waals surface area contributed by atoms with Crippen molar-refractivity contribution in [3.05, 3.63) is 59.7 Å². The third kappa shape index (κ3) is 5.30. The summed E-state index contributed by atoms with van der Waals surface area (Å²) in [4.78, 5) is 28.9. The van der Waals surface area contributed by atoms with Crippen molar-refractivity contribution in [3.8, 4) is 5.75 Å². The van der Waals surface area contributed by atoms with Crippen molar-refractivity contribution in [3.63, 3.8) is 0 Å². The summed E-state index contributed by atoms with van der Waals surface area (Å²) < 4.78 is 10.6. The highest BCUT2D eigenvalue weighted by Crippen LogP contribution is 2.29. The molecular weight excluding hydrogens is 400 g/mol. The van der Waals surface area contributed by atoms with Gasteiger partial charge in [-0.15, -0.1) is 0 Å². The van der Waals surface area contributed by atoms with Crippen LogP contribution in [0.3, 0.4) is 0 Å². The molecule has 0 unspecified atom stereocenters. The highest BCUT2D eigenvalue weighted by molar-refractivity contribution is 7.99. The summed E-state index contributed by atoms with van der Waals surface area (Å²) in [5.41, 5.74) is 2.92. The fraction of sp³-hybridized carbons (Fsp3) is 0.261. The molecule has 1 heterocycles. The van der Waals surface area contributed by atoms with E-state index in [9.17, 15) is 9.59 Å². The number of hydrogen-bond acceptors (Lipinski definition) is 6. The van der Waals surface area contributed by atoms with Crippen LogP contribution in [0.15, 0.2) is 53.6 Å². The smallest absolute Gasteiger partial charge is 0.338 e. The van der Waals surface area contributed by atoms with Crippen molar-refractivity contribution in [1.29, 1.82) is 0 Å². The predicted molar refractivity (Wildman–Crippen MR) is 119 cm³/mol. The summed E-state index contributed by atoms with van der Waals surface area (Å²) in [7, 11) is 1.62. The van der Waals surface area contributed by atoms with Gasteiger partial charge in [0.15, 0.2) is 0 Å². The second-order valence-electron chi connectivity index (χ2n) is 7.00. The Hall–Kier alpha value is -3.06. The van der Waals surface area contributed by atoms with Crippen molar-refractivity contribution in [2.24, 2.45) is 0 Å². The molecule has 1 aromatic heterocycles. The minimum atomic E-state index is -0.383. The summed E-state index contributed by atoms with van der Waals surface area (Å²) in [6.45, 7) is 5.61. The molecule has 0 aliphatic carbocycles. The number of methoxy groups -OCH3 is 1. The standard InChI is InChI=1S/C23H24N2O4S/c1-14(2)29-23(27)16-8-10-17(11-9-16)24-20(26)13-30-21-12-15(3)18-6-5-7-19(28-4)22(18)25-21/h5-12,14H,13H2,1-4H3,(H,24,26). The Kier molecular flexibility index (Phi) is 6.95. The highest BCUT2D eigenvalue weighted by atomic mass is 32.2. The van der Waals surface area contributed by atoms with E-state index >= 15 is 0 Å². The van der Waals surface area contributed by atoms with E-state index < -0.39 is 0 Å². The zero-order valence-electron chi connectivity index (χ0n) is 17.4. The normalized spacial score (nSPS) is 10.8. The molecule has 0 bridgehead atoms. The quantitative estimate of drug-likeness (QED) is 0.432. The Morgan fingerprint density at radius 2 is 1.87 bits per heavy atom. The van der Waals surface area contributed by atoms with Crippen LogP contribution in [0.2, 0.25) is 0 Å². The summed E-state index contributed by atoms with van der Waals surface area (Å²) in [5, 5.41) is 4.61. The first-order valence-corrected chi connectivity index (χ1v) is 10.5. The number of fused-ring (bicyclic) bond motifs is 1. The number of pyridine rings is 1. The van der Waals surface area contributed by atoms with Gasteiger partial charge in [0.25, 0.3) is 0 Å². The first-order valence-electron chi connectivity index (χ1n) is 9.55. The number of carbonyl (C=O) groups excluding carboxylic acids is 2. The maximum atomic E-state index is 12.3. The van der Waals surface area contributed by atoms with Crippen LogP contribution in [0.1, 0.15) is 29.8 Å². The summed E-state index contributed by atoms with van der Waals surface area (Å²) >= 11 is 1.36. The largest absolute Gasteiger partial charge is 0.494 e. The molecule has 7 heteroatoms. The summed E-state index contributed by atoms with van der Waals surface area (Å²) in [6.07, 6.45) is -0.179. The number of rotatable bonds is 7. The molecule has 3 rings (SSSR count). The van der Waals surface area contributed by atoms with Gasteiger partial charge >= 0.3 is 5.97 Å². The van der Waals surface area contributed by atoms with Crippen LogP contribution in [0.5, 0.6) is 5.75 Å². The molecule has 1 amide bonds. The number of amides is 1. The number of thioether (sulfide) groups is 1. The fourth-order valence-electron chi connectivity index (χ4n) is 2.91. The molecule has 0 saturated heterocycles. The van der Waals surface area contributed by atoms with Crippen molar-refractivity contribution >= 4 is 40.2 Å². The van der Waals surface area contributed by atoms with E-state index in [1.807, 2.05) is 31.2 Å². The SMILES string of the molecule is COc1cccc2c(C)cc(SCC(=O)Nc3ccc(C(=O)OC(C)C)cc3)nc12. The van der Waals surface area contributed by atoms with Gasteiger partial charge in [0.05, 0.1) is 29.6 Å². The van der Waals surface area contributed by atoms with E-state index in [1.165, 1.54) is 11.8 Å². The minimum absolute atomic E-state index is 0.155. The zero-order chi connectivity index (χ0) is 21.7. The second kappa shape index (κ2) is 9.63. The Bertz CT molecular complexity index is 1060. The van der Waals surface area contributed by atoms with Crippen LogP contribution in [0.25, 0.3) is 10.9 Å². The molecule has 6 nitrogen and oxygen atoms in total. The lowest BCUT2D eigenvalue weighted by molar-refractivity contribution is -0.113. The Morgan fingerprint density at radius 3 is 2.53 bits per heavy atom. The number of nitrogens with zero attached hydrogens (tertiary/aromatic N) is 1. The van der Waals surface area contributed by atoms with Crippen LogP contribution in [-0.4, -0.2) is 35.8 Å². The average Bonchev–Trinajstić information content (AvgIpc) is 2.72. The van der Waals surface area contributed by atoms with Gasteiger partial charge in [0.1, 0.15) is 11.3 Å². The van der Waals surface area contributed by atoms with Crippen molar-refractivity contribution in [1.82, 2.24) is 4.98 Å². The fourth-order valence-corrected chi connectivity index (χ4v) is 3.68. The Morgan fingerprint density at radius 1 is 1.13 bits per heavy atom. The number of para-hydroxylation sites is 1. The lowest BCUT2D eigenvalue weighted by Crippen LogP contribution is -2.15. The molecule has 1 N–H and O–H groups in total. The predicted octanol–water partition coefficient (Wildman–Crippen LogP) is 4.85. The minimum Gasteiger partial charge on any atom is -0.494 e. The van der Waals surface area contributed by atoms with Crippen molar-refractivity contribution in [2.45, 2.75) is 31.9 Å². The van der Waals surface area contributed by atoms with Gasteiger partial charge < -0.3 is 14.8 Å². The first-order chi connectivity index (χ1) is 14.4. The van der Waals surface area contributed by atoms with Gasteiger partial charge in [-0.2, -0.15) is 0 Å². The number of carbonyl (C=O) groups is 2. The number of nitrogens with one attached hydrogen (secondary N) is 1. The molecule has 30 heavy (non-hydrogen) atoms. The van der Waals surface area contributed by atoms with Crippen molar-refractivity contribution < 1.29 is 19.1 Å². The molecule has 0 fully saturated rings. The molecule has 0 spiro atoms. The second-order valence-corrected chi connectivity index (χ2v) is 8.00. The van der Waals surface area contributed by atoms with E-state index in [-0.39, 0.29) is 23.7 Å². The number of benzene rings is 2. The number of ether oxygens (including phenoxy) is 2. The third-order valence-corrected chi connectivity index (χ3v) is 5.22. The molecule has 2 aromatic carbocycles. The molecular formula is C23H24N2O4S. The lowest BCUT2D eigenvalue weighted by atomic mass is 10.1. The summed E-state index contributed by atoms with van der Waals surface area (Å²) in [5.74, 6) is 0.381. The molecule has 156 valence electrons. The highest BCUT2D eigenvalue weighted by Gasteiger charge is 2.12. The Labute approximate surface area is 180 Å². The zero-order valence-corrected chi connectivity index (χ0v) is 18.2. The van der Waals surface area contributed by atoms with E-state index in [4.69, 9.17) is 9.47 Å². The molecule has 0 atom stereocenters. The van der Waals surface area contributed by atoms with Crippen LogP contribution in [0.4, 0.5) is 5.69 Å². The third-order valence-electron chi connectivity index (χ3n) is 4.30. The molecule has 0 aliphatic heterocycles. The van der Waals surface area contributed by atoms with Crippen LogP contribution < -0.4 is 10.1 Å². The van der Waals surface area contributed by atoms with Gasteiger partial charge in [-0.05, 0) is 62.7 Å². The van der Waals surface area contributed by atoms with Gasteiger partial charge in [0.2, 0.25) is 5.91 Å². The van der Waals surface area contributed by atoms with Crippen LogP contribution in [0, 0.1) is 6.92 Å². The van der Waals surface area contributed by atoms with Crippen LogP contribution >= 0.6 is 11.8 Å². The number of esters is 1. The van der Waals surface area contributed by atoms with Gasteiger partial charge in [-0.25, -0.2) is 9.78 Å². The van der Waals surface area contributed by atoms with Gasteiger partial charge in [0, 0.05) is 11.1 Å². The number of anilines is 1. The molecule has 0 aliphatic rings.